The maximum absolute atomic E-state index is 11.8. The second-order valence-corrected chi connectivity index (χ2v) is 7.28. The number of hydrogen-bond acceptors (Lipinski definition) is 6. The summed E-state index contributed by atoms with van der Waals surface area (Å²) in [6.07, 6.45) is 10.5. The summed E-state index contributed by atoms with van der Waals surface area (Å²) in [6, 6.07) is 2.25. The molecule has 4 heterocycles. The maximum Gasteiger partial charge on any atom is 0.360 e. The molecule has 5 rings (SSSR count). The summed E-state index contributed by atoms with van der Waals surface area (Å²) in [4.78, 5) is 16.6. The molecule has 0 bridgehead atoms. The van der Waals surface area contributed by atoms with Crippen molar-refractivity contribution in [1.82, 2.24) is 24.4 Å². The minimum absolute atomic E-state index is 0.206. The second-order valence-electron chi connectivity index (χ2n) is 7.28. The lowest BCUT2D eigenvalue weighted by Gasteiger charge is -2.17. The Kier molecular flexibility index (Phi) is 4.20. The zero-order valence-electron chi connectivity index (χ0n) is 15.7. The highest BCUT2D eigenvalue weighted by molar-refractivity contribution is 5.86. The van der Waals surface area contributed by atoms with Crippen molar-refractivity contribution in [2.24, 2.45) is 0 Å². The number of fused-ring (bicyclic) bond motifs is 1. The smallest absolute Gasteiger partial charge is 0.360 e. The van der Waals surface area contributed by atoms with E-state index in [-0.39, 0.29) is 5.69 Å². The lowest BCUT2D eigenvalue weighted by atomic mass is 10.1. The van der Waals surface area contributed by atoms with Gasteiger partial charge in [-0.1, -0.05) is 5.21 Å². The molecule has 144 valence electrons. The van der Waals surface area contributed by atoms with Gasteiger partial charge in [-0.25, -0.2) is 14.5 Å². The Morgan fingerprint density at radius 2 is 2.18 bits per heavy atom. The van der Waals surface area contributed by atoms with Crippen LogP contribution in [0, 0.1) is 0 Å². The number of rotatable bonds is 6. The Labute approximate surface area is 161 Å². The predicted octanol–water partition coefficient (Wildman–Crippen LogP) is 2.44. The van der Waals surface area contributed by atoms with Crippen LogP contribution in [0.1, 0.15) is 53.0 Å². The van der Waals surface area contributed by atoms with Crippen molar-refractivity contribution >= 4 is 17.7 Å². The third-order valence-corrected chi connectivity index (χ3v) is 4.98. The Morgan fingerprint density at radius 1 is 1.32 bits per heavy atom. The van der Waals surface area contributed by atoms with Crippen LogP contribution in [-0.2, 0) is 16.0 Å². The van der Waals surface area contributed by atoms with Crippen LogP contribution in [0.25, 0.3) is 11.7 Å². The fraction of sp³-hybridized carbons (Fsp3) is 0.400. The molecule has 0 spiro atoms. The molecule has 1 saturated carbocycles. The zero-order chi connectivity index (χ0) is 19.1. The van der Waals surface area contributed by atoms with Gasteiger partial charge in [0.15, 0.2) is 5.69 Å². The zero-order valence-corrected chi connectivity index (χ0v) is 15.7. The Hall–Kier alpha value is -3.00. The van der Waals surface area contributed by atoms with Gasteiger partial charge in [-0.2, -0.15) is 0 Å². The maximum atomic E-state index is 11.8. The summed E-state index contributed by atoms with van der Waals surface area (Å²) < 4.78 is 13.9. The first-order chi connectivity index (χ1) is 13.7. The van der Waals surface area contributed by atoms with E-state index in [1.54, 1.807) is 17.8 Å². The third kappa shape index (κ3) is 3.31. The topological polar surface area (TPSA) is 83.5 Å². The first kappa shape index (κ1) is 17.1. The average molecular weight is 379 g/mol. The highest BCUT2D eigenvalue weighted by Gasteiger charge is 2.25. The van der Waals surface area contributed by atoms with E-state index in [0.717, 1.165) is 16.9 Å². The number of imidazole rings is 1. The number of pyridine rings is 1. The van der Waals surface area contributed by atoms with E-state index in [4.69, 9.17) is 14.5 Å². The van der Waals surface area contributed by atoms with Gasteiger partial charge in [0, 0.05) is 18.0 Å². The van der Waals surface area contributed by atoms with Gasteiger partial charge in [-0.3, -0.25) is 0 Å². The molecule has 0 atom stereocenters. The van der Waals surface area contributed by atoms with Crippen molar-refractivity contribution in [3.05, 3.63) is 52.7 Å². The van der Waals surface area contributed by atoms with Crippen molar-refractivity contribution in [2.75, 3.05) is 19.8 Å². The number of carbonyl (C=O) groups is 1. The van der Waals surface area contributed by atoms with E-state index in [2.05, 4.69) is 33.1 Å². The van der Waals surface area contributed by atoms with Gasteiger partial charge in [-0.05, 0) is 49.0 Å². The van der Waals surface area contributed by atoms with Crippen LogP contribution in [-0.4, -0.2) is 50.2 Å². The van der Waals surface area contributed by atoms with Gasteiger partial charge in [0.05, 0.1) is 38.3 Å². The Morgan fingerprint density at radius 3 is 2.89 bits per heavy atom. The van der Waals surface area contributed by atoms with Crippen molar-refractivity contribution in [3.8, 4) is 0 Å². The van der Waals surface area contributed by atoms with Gasteiger partial charge in [0.25, 0.3) is 0 Å². The van der Waals surface area contributed by atoms with Gasteiger partial charge in [0.1, 0.15) is 5.65 Å². The first-order valence-electron chi connectivity index (χ1n) is 9.55. The van der Waals surface area contributed by atoms with Crippen LogP contribution in [0.5, 0.6) is 0 Å². The summed E-state index contributed by atoms with van der Waals surface area (Å²) in [7, 11) is 0. The number of esters is 1. The summed E-state index contributed by atoms with van der Waals surface area (Å²) in [6.45, 7) is 3.90. The van der Waals surface area contributed by atoms with Crippen molar-refractivity contribution < 1.29 is 14.3 Å². The molecule has 0 amide bonds. The van der Waals surface area contributed by atoms with E-state index in [9.17, 15) is 4.79 Å². The van der Waals surface area contributed by atoms with E-state index in [1.165, 1.54) is 24.0 Å². The lowest BCUT2D eigenvalue weighted by Crippen LogP contribution is -2.15. The molecule has 3 aromatic rings. The summed E-state index contributed by atoms with van der Waals surface area (Å²) in [5, 5.41) is 7.91. The monoisotopic (exact) mass is 379 g/mol. The largest absolute Gasteiger partial charge is 0.461 e. The highest BCUT2D eigenvalue weighted by Crippen LogP contribution is 2.40. The molecule has 0 unspecified atom stereocenters. The normalized spacial score (nSPS) is 16.2. The van der Waals surface area contributed by atoms with Crippen LogP contribution < -0.4 is 0 Å². The molecule has 2 aliphatic rings. The molecule has 8 heteroatoms. The summed E-state index contributed by atoms with van der Waals surface area (Å²) >= 11 is 0. The molecule has 3 aromatic heterocycles. The summed E-state index contributed by atoms with van der Waals surface area (Å²) in [5.41, 5.74) is 5.75. The van der Waals surface area contributed by atoms with E-state index >= 15 is 0 Å². The Bertz CT molecular complexity index is 1070. The molecular weight excluding hydrogens is 358 g/mol. The van der Waals surface area contributed by atoms with E-state index < -0.39 is 5.97 Å². The molecule has 8 nitrogen and oxygen atoms in total. The Balaban J connectivity index is 1.45. The molecular formula is C20H21N5O3. The van der Waals surface area contributed by atoms with Gasteiger partial charge in [-0.15, -0.1) is 5.10 Å². The first-order valence-corrected chi connectivity index (χ1v) is 9.55. The van der Waals surface area contributed by atoms with Crippen molar-refractivity contribution in [1.29, 1.82) is 0 Å². The minimum atomic E-state index is -0.463. The molecule has 0 aromatic carbocycles. The molecule has 1 aliphatic carbocycles. The molecule has 2 fully saturated rings. The second kappa shape index (κ2) is 6.87. The minimum Gasteiger partial charge on any atom is -0.461 e. The number of ether oxygens (including phenoxy) is 2. The van der Waals surface area contributed by atoms with Gasteiger partial charge in [0.2, 0.25) is 0 Å². The molecule has 28 heavy (non-hydrogen) atoms. The van der Waals surface area contributed by atoms with Gasteiger partial charge < -0.3 is 13.9 Å². The number of aromatic nitrogens is 5. The molecule has 0 radical (unpaired) electrons. The number of hydrogen-bond donors (Lipinski definition) is 0. The van der Waals surface area contributed by atoms with Crippen LogP contribution in [0.2, 0.25) is 0 Å². The van der Waals surface area contributed by atoms with Crippen LogP contribution in [0.4, 0.5) is 0 Å². The van der Waals surface area contributed by atoms with E-state index in [0.29, 0.717) is 32.3 Å². The summed E-state index contributed by atoms with van der Waals surface area (Å²) in [5.74, 6) is 0.196. The number of carbonyl (C=O) groups excluding carboxylic acids is 1. The quantitative estimate of drug-likeness (QED) is 0.612. The standard InChI is InChI=1S/C20H21N5O3/c1-2-28-20(26)18-10-25(23-22-18)9-17-8-24-7-16(14-3-4-14)6-15(19(24)21-17)5-13-11-27-12-13/h5-8,10,14H,2-4,9,11-12H2,1H3. The molecule has 1 aliphatic heterocycles. The number of nitrogens with zero attached hydrogens (tertiary/aromatic N) is 5. The fourth-order valence-electron chi connectivity index (χ4n) is 3.38. The predicted molar refractivity (Wildman–Crippen MR) is 101 cm³/mol. The average Bonchev–Trinajstić information content (AvgIpc) is 3.26. The fourth-order valence-corrected chi connectivity index (χ4v) is 3.38. The van der Waals surface area contributed by atoms with Crippen molar-refractivity contribution in [3.63, 3.8) is 0 Å². The van der Waals surface area contributed by atoms with Crippen LogP contribution in [0.3, 0.4) is 0 Å². The van der Waals surface area contributed by atoms with Crippen LogP contribution >= 0.6 is 0 Å². The lowest BCUT2D eigenvalue weighted by molar-refractivity contribution is 0.0519. The van der Waals surface area contributed by atoms with E-state index in [1.807, 2.05) is 6.20 Å². The van der Waals surface area contributed by atoms with Crippen molar-refractivity contribution in [2.45, 2.75) is 32.2 Å². The molecule has 1 saturated heterocycles. The molecule has 0 N–H and O–H groups in total. The SMILES string of the molecule is CCOC(=O)c1cn(Cc2cn3cc(C4CC4)cc(C=C4COC4)c3n2)nn1. The van der Waals surface area contributed by atoms with Crippen LogP contribution in [0.15, 0.2) is 30.2 Å². The third-order valence-electron chi connectivity index (χ3n) is 4.98. The van der Waals surface area contributed by atoms with Gasteiger partial charge >= 0.3 is 5.97 Å². The highest BCUT2D eigenvalue weighted by atomic mass is 16.5.